The van der Waals surface area contributed by atoms with Crippen LogP contribution in [0.25, 0.3) is 16.8 Å². The van der Waals surface area contributed by atoms with Gasteiger partial charge in [0.1, 0.15) is 11.4 Å². The van der Waals surface area contributed by atoms with Gasteiger partial charge in [0.2, 0.25) is 0 Å². The lowest BCUT2D eigenvalue weighted by Crippen LogP contribution is -2.30. The second-order valence-corrected chi connectivity index (χ2v) is 8.67. The van der Waals surface area contributed by atoms with E-state index in [0.29, 0.717) is 29.5 Å². The molecule has 4 aromatic rings. The maximum Gasteiger partial charge on any atom is 0.272 e. The molecule has 0 saturated heterocycles. The lowest BCUT2D eigenvalue weighted by molar-refractivity contribution is -0.113. The summed E-state index contributed by atoms with van der Waals surface area (Å²) in [6.45, 7) is 4.75. The molecule has 0 unspecified atom stereocenters. The molecule has 0 radical (unpaired) electrons. The van der Waals surface area contributed by atoms with Crippen LogP contribution in [0.1, 0.15) is 29.8 Å². The third kappa shape index (κ3) is 6.58. The van der Waals surface area contributed by atoms with E-state index in [4.69, 9.17) is 4.74 Å². The van der Waals surface area contributed by atoms with Crippen LogP contribution in [0.5, 0.6) is 5.75 Å². The van der Waals surface area contributed by atoms with Crippen molar-refractivity contribution < 1.29 is 14.3 Å². The van der Waals surface area contributed by atoms with Gasteiger partial charge in [0, 0.05) is 11.3 Å². The molecule has 0 atom stereocenters. The molecule has 0 aliphatic heterocycles. The predicted octanol–water partition coefficient (Wildman–Crippen LogP) is 6.28. The number of rotatable bonds is 8. The molecule has 0 heterocycles. The van der Waals surface area contributed by atoms with Gasteiger partial charge in [0.25, 0.3) is 11.8 Å². The molecule has 0 bridgehead atoms. The molecule has 5 nitrogen and oxygen atoms in total. The van der Waals surface area contributed by atoms with Crippen molar-refractivity contribution in [3.05, 3.63) is 114 Å². The lowest BCUT2D eigenvalue weighted by atomic mass is 10.1. The highest BCUT2D eigenvalue weighted by molar-refractivity contribution is 6.11. The summed E-state index contributed by atoms with van der Waals surface area (Å²) in [5, 5.41) is 7.78. The number of hydrogen-bond acceptors (Lipinski definition) is 3. The highest BCUT2D eigenvalue weighted by Gasteiger charge is 2.15. The first kappa shape index (κ1) is 23.8. The zero-order chi connectivity index (χ0) is 24.6. The number of ether oxygens (including phenoxy) is 1. The molecule has 4 rings (SSSR count). The molecule has 0 saturated carbocycles. The first-order valence-corrected chi connectivity index (χ1v) is 11.6. The number of carbonyl (C=O) groups excluding carboxylic acids is 2. The summed E-state index contributed by atoms with van der Waals surface area (Å²) in [6.07, 6.45) is 1.66. The topological polar surface area (TPSA) is 67.4 Å². The van der Waals surface area contributed by atoms with Gasteiger partial charge >= 0.3 is 0 Å². The van der Waals surface area contributed by atoms with Crippen molar-refractivity contribution in [2.75, 3.05) is 11.9 Å². The zero-order valence-electron chi connectivity index (χ0n) is 19.8. The molecular formula is C30H28N2O3. The van der Waals surface area contributed by atoms with Crippen LogP contribution in [0, 0.1) is 5.92 Å². The first-order valence-electron chi connectivity index (χ1n) is 11.6. The lowest BCUT2D eigenvalue weighted by Gasteiger charge is -2.13. The SMILES string of the molecule is CC(C)COc1ccc(C(=O)N/C(=C/c2ccccc2)C(=O)Nc2ccc3ccccc3c2)cc1. The van der Waals surface area contributed by atoms with E-state index in [2.05, 4.69) is 24.5 Å². The number of hydrogen-bond donors (Lipinski definition) is 2. The summed E-state index contributed by atoms with van der Waals surface area (Å²) in [6, 6.07) is 29.9. The number of benzene rings is 4. The number of fused-ring (bicyclic) bond motifs is 1. The van der Waals surface area contributed by atoms with Gasteiger partial charge in [0.15, 0.2) is 0 Å². The van der Waals surface area contributed by atoms with Gasteiger partial charge < -0.3 is 15.4 Å². The van der Waals surface area contributed by atoms with Gasteiger partial charge in [-0.2, -0.15) is 0 Å². The van der Waals surface area contributed by atoms with Crippen molar-refractivity contribution in [2.24, 2.45) is 5.92 Å². The Kier molecular flexibility index (Phi) is 7.58. The van der Waals surface area contributed by atoms with Crippen molar-refractivity contribution in [1.82, 2.24) is 5.32 Å². The highest BCUT2D eigenvalue weighted by atomic mass is 16.5. The molecule has 35 heavy (non-hydrogen) atoms. The molecular weight excluding hydrogens is 436 g/mol. The Morgan fingerprint density at radius 1 is 0.829 bits per heavy atom. The molecule has 0 aromatic heterocycles. The van der Waals surface area contributed by atoms with Gasteiger partial charge in [-0.3, -0.25) is 9.59 Å². The smallest absolute Gasteiger partial charge is 0.272 e. The first-order chi connectivity index (χ1) is 17.0. The van der Waals surface area contributed by atoms with Gasteiger partial charge in [-0.25, -0.2) is 0 Å². The minimum absolute atomic E-state index is 0.148. The molecule has 4 aromatic carbocycles. The molecule has 0 aliphatic rings. The van der Waals surface area contributed by atoms with Crippen LogP contribution in [0.15, 0.2) is 103 Å². The van der Waals surface area contributed by atoms with E-state index in [9.17, 15) is 9.59 Å². The molecule has 0 fully saturated rings. The molecule has 0 aliphatic carbocycles. The average molecular weight is 465 g/mol. The maximum absolute atomic E-state index is 13.2. The monoisotopic (exact) mass is 464 g/mol. The highest BCUT2D eigenvalue weighted by Crippen LogP contribution is 2.20. The van der Waals surface area contributed by atoms with Crippen molar-refractivity contribution in [3.63, 3.8) is 0 Å². The van der Waals surface area contributed by atoms with Crippen molar-refractivity contribution in [1.29, 1.82) is 0 Å². The molecule has 0 spiro atoms. The quantitative estimate of drug-likeness (QED) is 0.301. The van der Waals surface area contributed by atoms with Crippen molar-refractivity contribution >= 4 is 34.4 Å². The van der Waals surface area contributed by atoms with E-state index in [0.717, 1.165) is 16.3 Å². The van der Waals surface area contributed by atoms with E-state index >= 15 is 0 Å². The fourth-order valence-corrected chi connectivity index (χ4v) is 3.50. The molecule has 5 heteroatoms. The molecule has 2 amide bonds. The Bertz CT molecular complexity index is 1340. The van der Waals surface area contributed by atoms with Crippen LogP contribution in [0.4, 0.5) is 5.69 Å². The average Bonchev–Trinajstić information content (AvgIpc) is 2.88. The van der Waals surface area contributed by atoms with Crippen LogP contribution in [-0.2, 0) is 4.79 Å². The van der Waals surface area contributed by atoms with Crippen LogP contribution >= 0.6 is 0 Å². The summed E-state index contributed by atoms with van der Waals surface area (Å²) in [4.78, 5) is 26.2. The normalized spacial score (nSPS) is 11.3. The van der Waals surface area contributed by atoms with E-state index < -0.39 is 5.91 Å². The molecule has 2 N–H and O–H groups in total. The Morgan fingerprint density at radius 2 is 1.51 bits per heavy atom. The summed E-state index contributed by atoms with van der Waals surface area (Å²) in [5.41, 5.74) is 2.02. The van der Waals surface area contributed by atoms with E-state index in [1.165, 1.54) is 0 Å². The van der Waals surface area contributed by atoms with Crippen LogP contribution in [-0.4, -0.2) is 18.4 Å². The zero-order valence-corrected chi connectivity index (χ0v) is 19.8. The second kappa shape index (κ2) is 11.2. The van der Waals surface area contributed by atoms with Gasteiger partial charge in [-0.1, -0.05) is 74.5 Å². The second-order valence-electron chi connectivity index (χ2n) is 8.67. The van der Waals surface area contributed by atoms with E-state index in [1.807, 2.05) is 72.8 Å². The van der Waals surface area contributed by atoms with E-state index in [1.54, 1.807) is 30.3 Å². The Morgan fingerprint density at radius 3 is 2.23 bits per heavy atom. The van der Waals surface area contributed by atoms with Gasteiger partial charge in [0.05, 0.1) is 6.61 Å². The van der Waals surface area contributed by atoms with Crippen LogP contribution in [0.2, 0.25) is 0 Å². The minimum atomic E-state index is -0.408. The number of anilines is 1. The third-order valence-corrected chi connectivity index (χ3v) is 5.31. The third-order valence-electron chi connectivity index (χ3n) is 5.31. The maximum atomic E-state index is 13.2. The number of carbonyl (C=O) groups is 2. The summed E-state index contributed by atoms with van der Waals surface area (Å²) < 4.78 is 5.69. The minimum Gasteiger partial charge on any atom is -0.493 e. The fourth-order valence-electron chi connectivity index (χ4n) is 3.50. The molecule has 176 valence electrons. The van der Waals surface area contributed by atoms with Crippen LogP contribution < -0.4 is 15.4 Å². The Balaban J connectivity index is 1.54. The Hall–Kier alpha value is -4.38. The standard InChI is InChI=1S/C30H28N2O3/c1-21(2)20-35-27-16-13-24(14-17-27)29(33)32-28(18-22-8-4-3-5-9-22)30(34)31-26-15-12-23-10-6-7-11-25(23)19-26/h3-19,21H,20H2,1-2H3,(H,31,34)(H,32,33)/b28-18+. The number of amides is 2. The predicted molar refractivity (Wildman–Crippen MR) is 141 cm³/mol. The van der Waals surface area contributed by atoms with E-state index in [-0.39, 0.29) is 11.6 Å². The number of nitrogens with one attached hydrogen (secondary N) is 2. The summed E-state index contributed by atoms with van der Waals surface area (Å²) >= 11 is 0. The van der Waals surface area contributed by atoms with Gasteiger partial charge in [-0.05, 0) is 64.7 Å². The summed E-state index contributed by atoms with van der Waals surface area (Å²) in [7, 11) is 0. The summed E-state index contributed by atoms with van der Waals surface area (Å²) in [5.74, 6) is 0.319. The van der Waals surface area contributed by atoms with Crippen molar-refractivity contribution in [3.8, 4) is 5.75 Å². The van der Waals surface area contributed by atoms with Gasteiger partial charge in [-0.15, -0.1) is 0 Å². The Labute approximate surface area is 205 Å². The van der Waals surface area contributed by atoms with Crippen LogP contribution in [0.3, 0.4) is 0 Å². The largest absolute Gasteiger partial charge is 0.493 e. The fraction of sp³-hybridized carbons (Fsp3) is 0.133. The van der Waals surface area contributed by atoms with Crippen molar-refractivity contribution in [2.45, 2.75) is 13.8 Å².